The third-order valence-corrected chi connectivity index (χ3v) is 6.98. The Morgan fingerprint density at radius 2 is 1.87 bits per heavy atom. The predicted molar refractivity (Wildman–Crippen MR) is 152 cm³/mol. The first-order valence-electron chi connectivity index (χ1n) is 12.5. The molecule has 11 heteroatoms. The van der Waals surface area contributed by atoms with E-state index in [-0.39, 0.29) is 12.5 Å². The lowest BCUT2D eigenvalue weighted by molar-refractivity contribution is -0.141. The van der Waals surface area contributed by atoms with Crippen LogP contribution in [0.25, 0.3) is 5.70 Å². The second kappa shape index (κ2) is 14.2. The Hall–Kier alpha value is -3.98. The van der Waals surface area contributed by atoms with Gasteiger partial charge in [-0.3, -0.25) is 19.5 Å². The Kier molecular flexibility index (Phi) is 10.8. The molecule has 0 spiro atoms. The number of likely N-dealkylation sites (tertiary alicyclic amines) is 1. The zero-order chi connectivity index (χ0) is 28.4. The van der Waals surface area contributed by atoms with Crippen molar-refractivity contribution in [3.8, 4) is 18.1 Å². The van der Waals surface area contributed by atoms with Crippen LogP contribution in [0.1, 0.15) is 36.9 Å². The van der Waals surface area contributed by atoms with Crippen molar-refractivity contribution in [3.63, 3.8) is 0 Å². The highest BCUT2D eigenvalue weighted by Gasteiger charge is 2.39. The zero-order valence-corrected chi connectivity index (χ0v) is 22.8. The van der Waals surface area contributed by atoms with Gasteiger partial charge in [0.2, 0.25) is 17.7 Å². The molecule has 0 aliphatic carbocycles. The summed E-state index contributed by atoms with van der Waals surface area (Å²) in [6, 6.07) is 13.6. The summed E-state index contributed by atoms with van der Waals surface area (Å²) in [6.45, 7) is 2.15. The molecule has 1 fully saturated rings. The monoisotopic (exact) mass is 550 g/mol. The minimum Gasteiger partial charge on any atom is -0.481 e. The van der Waals surface area contributed by atoms with Crippen LogP contribution in [0.3, 0.4) is 0 Å². The van der Waals surface area contributed by atoms with Gasteiger partial charge >= 0.3 is 0 Å². The Morgan fingerprint density at radius 3 is 2.49 bits per heavy atom. The quantitative estimate of drug-likeness (QED) is 0.208. The second-order valence-electron chi connectivity index (χ2n) is 8.92. The van der Waals surface area contributed by atoms with Crippen molar-refractivity contribution in [1.29, 1.82) is 0 Å². The highest BCUT2D eigenvalue weighted by Crippen LogP contribution is 2.26. The lowest BCUT2D eigenvalue weighted by atomic mass is 10.0. The second-order valence-corrected chi connectivity index (χ2v) is 9.56. The van der Waals surface area contributed by atoms with Crippen molar-refractivity contribution in [2.45, 2.75) is 37.9 Å². The van der Waals surface area contributed by atoms with Crippen molar-refractivity contribution in [1.82, 2.24) is 20.9 Å². The van der Waals surface area contributed by atoms with Gasteiger partial charge in [-0.15, -0.1) is 6.42 Å². The zero-order valence-electron chi connectivity index (χ0n) is 22.0. The van der Waals surface area contributed by atoms with E-state index in [9.17, 15) is 14.4 Å². The molecule has 2 aromatic carbocycles. The molecule has 0 unspecified atom stereocenters. The summed E-state index contributed by atoms with van der Waals surface area (Å²) in [7, 11) is 1.65. The van der Waals surface area contributed by atoms with Crippen LogP contribution in [-0.2, 0) is 14.4 Å². The maximum atomic E-state index is 13.9. The lowest BCUT2D eigenvalue weighted by Crippen LogP contribution is -2.51. The van der Waals surface area contributed by atoms with Crippen LogP contribution in [-0.4, -0.2) is 54.9 Å². The Labute approximate surface area is 233 Å². The summed E-state index contributed by atoms with van der Waals surface area (Å²) in [6.07, 6.45) is 6.33. The molecule has 3 atom stereocenters. The van der Waals surface area contributed by atoms with Gasteiger partial charge in [0, 0.05) is 12.1 Å². The number of hydrogen-bond acceptors (Lipinski definition) is 8. The predicted octanol–water partition coefficient (Wildman–Crippen LogP) is 1.46. The highest BCUT2D eigenvalue weighted by molar-refractivity contribution is 8.01. The van der Waals surface area contributed by atoms with E-state index < -0.39 is 29.9 Å². The van der Waals surface area contributed by atoms with Crippen molar-refractivity contribution in [3.05, 3.63) is 70.8 Å². The topological polar surface area (TPSA) is 152 Å². The average molecular weight is 551 g/mol. The first-order valence-corrected chi connectivity index (χ1v) is 13.4. The lowest BCUT2D eigenvalue weighted by Gasteiger charge is -2.30. The van der Waals surface area contributed by atoms with E-state index in [0.717, 1.165) is 11.9 Å². The minimum atomic E-state index is -1.02. The van der Waals surface area contributed by atoms with Gasteiger partial charge in [-0.25, -0.2) is 0 Å². The van der Waals surface area contributed by atoms with Crippen LogP contribution in [0.5, 0.6) is 5.75 Å². The van der Waals surface area contributed by atoms with Crippen LogP contribution in [0.15, 0.2) is 59.6 Å². The van der Waals surface area contributed by atoms with Crippen LogP contribution in [0.4, 0.5) is 0 Å². The maximum absolute atomic E-state index is 13.9. The Morgan fingerprint density at radius 1 is 1.18 bits per heavy atom. The normalized spacial score (nSPS) is 16.9. The number of ether oxygens (including phenoxy) is 1. The van der Waals surface area contributed by atoms with Gasteiger partial charge < -0.3 is 31.3 Å². The molecule has 7 N–H and O–H groups in total. The smallest absolute Gasteiger partial charge is 0.250 e. The van der Waals surface area contributed by atoms with E-state index in [1.807, 2.05) is 30.3 Å². The molecule has 0 saturated carbocycles. The van der Waals surface area contributed by atoms with E-state index in [1.54, 1.807) is 38.2 Å². The largest absolute Gasteiger partial charge is 0.481 e. The van der Waals surface area contributed by atoms with Crippen molar-refractivity contribution < 1.29 is 19.1 Å². The summed E-state index contributed by atoms with van der Waals surface area (Å²) in [5, 5.41) is 14.6. The van der Waals surface area contributed by atoms with E-state index in [0.29, 0.717) is 47.0 Å². The molecule has 39 heavy (non-hydrogen) atoms. The fourth-order valence-electron chi connectivity index (χ4n) is 4.14. The van der Waals surface area contributed by atoms with Crippen molar-refractivity contribution >= 4 is 35.4 Å². The summed E-state index contributed by atoms with van der Waals surface area (Å²) in [4.78, 5) is 41.5. The summed E-state index contributed by atoms with van der Waals surface area (Å²) >= 11 is 0.825. The fraction of sp³-hybridized carbons (Fsp3) is 0.321. The number of nitrogens with two attached hydrogens (primary N) is 2. The van der Waals surface area contributed by atoms with Gasteiger partial charge in [-0.2, -0.15) is 0 Å². The number of benzene rings is 2. The van der Waals surface area contributed by atoms with Crippen molar-refractivity contribution in [2.24, 2.45) is 10.9 Å². The number of nitrogens with zero attached hydrogens (tertiary/aromatic N) is 1. The van der Waals surface area contributed by atoms with Crippen molar-refractivity contribution in [2.75, 3.05) is 20.2 Å². The first kappa shape index (κ1) is 29.6. The Balaban J connectivity index is 1.85. The fourth-order valence-corrected chi connectivity index (χ4v) is 4.55. The van der Waals surface area contributed by atoms with Crippen LogP contribution < -0.4 is 31.6 Å². The SMILES string of the molecule is C#CCOc1ccc([C@H](NC(=O)[C@H](C)NC)C(=O)N2CCC[C@H]2C(=O)N/C(SN)=C(/N)c2ccccc2)cc1. The summed E-state index contributed by atoms with van der Waals surface area (Å²) < 4.78 is 5.43. The van der Waals surface area contributed by atoms with Gasteiger partial charge in [0.15, 0.2) is 0 Å². The molecule has 206 valence electrons. The summed E-state index contributed by atoms with van der Waals surface area (Å²) in [5.74, 6) is 1.77. The molecule has 0 bridgehead atoms. The number of amides is 3. The first-order chi connectivity index (χ1) is 18.8. The van der Waals surface area contributed by atoms with Crippen LogP contribution in [0.2, 0.25) is 0 Å². The number of carbonyl (C=O) groups is 3. The van der Waals surface area contributed by atoms with Gasteiger partial charge in [0.25, 0.3) is 0 Å². The number of likely N-dealkylation sites (N-methyl/N-ethyl adjacent to an activating group) is 1. The molecule has 1 aliphatic heterocycles. The molecule has 2 aromatic rings. The average Bonchev–Trinajstić information content (AvgIpc) is 3.47. The molecule has 1 aliphatic rings. The van der Waals surface area contributed by atoms with Gasteiger partial charge in [0.05, 0.1) is 11.7 Å². The maximum Gasteiger partial charge on any atom is 0.250 e. The van der Waals surface area contributed by atoms with E-state index in [4.69, 9.17) is 22.0 Å². The van der Waals surface area contributed by atoms with Crippen LogP contribution >= 0.6 is 11.9 Å². The Bertz CT molecular complexity index is 1230. The molecule has 10 nitrogen and oxygen atoms in total. The molecule has 3 amide bonds. The number of terminal acetylenes is 1. The number of hydrogen-bond donors (Lipinski definition) is 5. The van der Waals surface area contributed by atoms with Gasteiger partial charge in [-0.1, -0.05) is 48.4 Å². The van der Waals surface area contributed by atoms with Gasteiger partial charge in [0.1, 0.15) is 29.5 Å². The number of carbonyl (C=O) groups excluding carboxylic acids is 3. The highest BCUT2D eigenvalue weighted by atomic mass is 32.2. The number of rotatable bonds is 11. The molecule has 0 aromatic heterocycles. The molecule has 0 radical (unpaired) electrons. The molecular weight excluding hydrogens is 516 g/mol. The summed E-state index contributed by atoms with van der Waals surface area (Å²) in [5.41, 5.74) is 7.84. The molecule has 1 saturated heterocycles. The standard InChI is InChI=1S/C28H34N6O4S/c1-4-17-38-21-14-12-20(13-15-21)24(32-25(35)18(2)31-3)28(37)34-16-8-11-22(34)26(36)33-27(39-30)23(29)19-9-6-5-7-10-19/h1,5-7,9-10,12-15,18,22,24,31H,8,11,16-17,29-30H2,2-3H3,(H,32,35)(H,33,36)/b27-23-/t18-,22-,24-/m0/s1. The van der Waals surface area contributed by atoms with Gasteiger partial charge in [-0.05, 0) is 56.5 Å². The van der Waals surface area contributed by atoms with E-state index >= 15 is 0 Å². The van der Waals surface area contributed by atoms with E-state index in [1.165, 1.54) is 4.90 Å². The number of nitrogens with one attached hydrogen (secondary N) is 3. The third kappa shape index (κ3) is 7.54. The minimum absolute atomic E-state index is 0.106. The molecular formula is C28H34N6O4S. The van der Waals surface area contributed by atoms with E-state index in [2.05, 4.69) is 21.9 Å². The molecule has 1 heterocycles. The molecule has 3 rings (SSSR count). The van der Waals surface area contributed by atoms with Crippen LogP contribution in [0, 0.1) is 12.3 Å². The third-order valence-electron chi connectivity index (χ3n) is 6.42.